The molecule has 0 bridgehead atoms. The lowest BCUT2D eigenvalue weighted by Crippen LogP contribution is -2.43. The average Bonchev–Trinajstić information content (AvgIpc) is 3.32. The maximum atomic E-state index is 13.3. The highest BCUT2D eigenvalue weighted by Gasteiger charge is 2.32. The van der Waals surface area contributed by atoms with Gasteiger partial charge in [0.15, 0.2) is 5.69 Å². The fourth-order valence-electron chi connectivity index (χ4n) is 3.90. The average molecular weight is 447 g/mol. The molecule has 2 heterocycles. The lowest BCUT2D eigenvalue weighted by Gasteiger charge is -2.34. The number of carbonyl (C=O) groups is 3. The molecule has 1 saturated heterocycles. The molecule has 0 saturated carbocycles. The minimum atomic E-state index is -0.683. The smallest absolute Gasteiger partial charge is 0.358 e. The number of amides is 2. The number of aromatic nitrogens is 2. The summed E-state index contributed by atoms with van der Waals surface area (Å²) in [6.07, 6.45) is 3.87. The number of carbonyl (C=O) groups excluding carboxylic acids is 3. The largest absolute Gasteiger partial charge is 0.461 e. The number of anilines is 1. The summed E-state index contributed by atoms with van der Waals surface area (Å²) in [7, 11) is 0. The molecule has 8 heteroatoms. The van der Waals surface area contributed by atoms with Crippen LogP contribution in [0.2, 0.25) is 0 Å². The quantitative estimate of drug-likeness (QED) is 0.558. The van der Waals surface area contributed by atoms with Crippen LogP contribution in [-0.4, -0.2) is 45.6 Å². The van der Waals surface area contributed by atoms with E-state index in [0.717, 1.165) is 24.1 Å². The molecule has 1 fully saturated rings. The van der Waals surface area contributed by atoms with E-state index in [1.165, 1.54) is 0 Å². The third kappa shape index (κ3) is 5.11. The number of hydrogen-bond donors (Lipinski definition) is 1. The molecular weight excluding hydrogens is 420 g/mol. The third-order valence-corrected chi connectivity index (χ3v) is 5.51. The normalized spacial score (nSPS) is 14.6. The number of nitrogens with zero attached hydrogens (tertiary/aromatic N) is 3. The first-order valence-electron chi connectivity index (χ1n) is 11.1. The fourth-order valence-corrected chi connectivity index (χ4v) is 3.90. The maximum absolute atomic E-state index is 13.3. The standard InChI is InChI=1S/C25H26N4O4/c1-2-33-25(32)21-15-17-29(27-21)20-13-11-19(12-14-20)26-24(31)23(18-8-4-3-5-9-18)28-16-7-6-10-22(28)30/h3-5,8-9,11-15,17,23H,2,6-7,10,16H2,1H3,(H,26,31). The third-order valence-electron chi connectivity index (χ3n) is 5.51. The van der Waals surface area contributed by atoms with Crippen molar-refractivity contribution in [1.29, 1.82) is 0 Å². The molecule has 0 radical (unpaired) electrons. The predicted molar refractivity (Wildman–Crippen MR) is 123 cm³/mol. The van der Waals surface area contributed by atoms with Gasteiger partial charge in [-0.15, -0.1) is 0 Å². The zero-order chi connectivity index (χ0) is 23.2. The van der Waals surface area contributed by atoms with E-state index in [9.17, 15) is 14.4 Å². The van der Waals surface area contributed by atoms with Crippen LogP contribution in [0.3, 0.4) is 0 Å². The minimum absolute atomic E-state index is 0.00307. The summed E-state index contributed by atoms with van der Waals surface area (Å²) in [5.41, 5.74) is 2.34. The van der Waals surface area contributed by atoms with E-state index in [4.69, 9.17) is 4.74 Å². The summed E-state index contributed by atoms with van der Waals surface area (Å²) in [5, 5.41) is 7.18. The van der Waals surface area contributed by atoms with Crippen molar-refractivity contribution in [3.05, 3.63) is 78.1 Å². The zero-order valence-electron chi connectivity index (χ0n) is 18.4. The zero-order valence-corrected chi connectivity index (χ0v) is 18.4. The number of piperidine rings is 1. The maximum Gasteiger partial charge on any atom is 0.358 e. The van der Waals surface area contributed by atoms with Crippen LogP contribution in [-0.2, 0) is 14.3 Å². The molecule has 1 atom stereocenters. The molecule has 0 spiro atoms. The summed E-state index contributed by atoms with van der Waals surface area (Å²) >= 11 is 0. The van der Waals surface area contributed by atoms with Gasteiger partial charge in [0, 0.05) is 24.8 Å². The second-order valence-electron chi connectivity index (χ2n) is 7.76. The number of benzene rings is 2. The lowest BCUT2D eigenvalue weighted by atomic mass is 10.0. The van der Waals surface area contributed by atoms with Crippen LogP contribution in [0.1, 0.15) is 48.3 Å². The number of likely N-dealkylation sites (tertiary alicyclic amines) is 1. The van der Waals surface area contributed by atoms with Gasteiger partial charge in [0.1, 0.15) is 6.04 Å². The van der Waals surface area contributed by atoms with Crippen LogP contribution >= 0.6 is 0 Å². The van der Waals surface area contributed by atoms with Crippen LogP contribution in [0, 0.1) is 0 Å². The van der Waals surface area contributed by atoms with Crippen molar-refractivity contribution in [1.82, 2.24) is 14.7 Å². The molecule has 1 aliphatic heterocycles. The van der Waals surface area contributed by atoms with Crippen molar-refractivity contribution in [2.24, 2.45) is 0 Å². The topological polar surface area (TPSA) is 93.5 Å². The molecule has 33 heavy (non-hydrogen) atoms. The van der Waals surface area contributed by atoms with Gasteiger partial charge >= 0.3 is 5.97 Å². The molecule has 1 aromatic heterocycles. The Morgan fingerprint density at radius 2 is 1.82 bits per heavy atom. The second-order valence-corrected chi connectivity index (χ2v) is 7.76. The number of rotatable bonds is 7. The van der Waals surface area contributed by atoms with E-state index in [2.05, 4.69) is 10.4 Å². The van der Waals surface area contributed by atoms with Crippen molar-refractivity contribution < 1.29 is 19.1 Å². The highest BCUT2D eigenvalue weighted by molar-refractivity contribution is 5.98. The highest BCUT2D eigenvalue weighted by Crippen LogP contribution is 2.27. The van der Waals surface area contributed by atoms with Crippen LogP contribution < -0.4 is 5.32 Å². The fraction of sp³-hybridized carbons (Fsp3) is 0.280. The number of nitrogens with one attached hydrogen (secondary N) is 1. The summed E-state index contributed by atoms with van der Waals surface area (Å²) in [6, 6.07) is 17.4. The first-order valence-corrected chi connectivity index (χ1v) is 11.1. The Bertz CT molecular complexity index is 1120. The lowest BCUT2D eigenvalue weighted by molar-refractivity contribution is -0.141. The molecule has 1 aliphatic rings. The Labute approximate surface area is 192 Å². The van der Waals surface area contributed by atoms with Crippen LogP contribution in [0.4, 0.5) is 5.69 Å². The number of ether oxygens (including phenoxy) is 1. The van der Waals surface area contributed by atoms with Gasteiger partial charge in [-0.3, -0.25) is 9.59 Å². The summed E-state index contributed by atoms with van der Waals surface area (Å²) in [6.45, 7) is 2.59. The molecule has 8 nitrogen and oxygen atoms in total. The van der Waals surface area contributed by atoms with Crippen molar-refractivity contribution in [3.63, 3.8) is 0 Å². The van der Waals surface area contributed by atoms with E-state index in [1.807, 2.05) is 30.3 Å². The first-order chi connectivity index (χ1) is 16.1. The molecule has 1 N–H and O–H groups in total. The minimum Gasteiger partial charge on any atom is -0.461 e. The Morgan fingerprint density at radius 3 is 2.52 bits per heavy atom. The SMILES string of the molecule is CCOC(=O)c1ccn(-c2ccc(NC(=O)C(c3ccccc3)N3CCCCC3=O)cc2)n1. The van der Waals surface area contributed by atoms with Crippen LogP contribution in [0.25, 0.3) is 5.69 Å². The van der Waals surface area contributed by atoms with Gasteiger partial charge in [-0.05, 0) is 55.7 Å². The van der Waals surface area contributed by atoms with Gasteiger partial charge in [0.05, 0.1) is 12.3 Å². The summed E-state index contributed by atoms with van der Waals surface area (Å²) in [4.78, 5) is 39.3. The predicted octanol–water partition coefficient (Wildman–Crippen LogP) is 3.74. The molecule has 3 aromatic rings. The van der Waals surface area contributed by atoms with Gasteiger partial charge in [0.25, 0.3) is 5.91 Å². The molecule has 170 valence electrons. The Hall–Kier alpha value is -3.94. The number of esters is 1. The van der Waals surface area contributed by atoms with Crippen molar-refractivity contribution in [3.8, 4) is 5.69 Å². The van der Waals surface area contributed by atoms with E-state index in [0.29, 0.717) is 18.7 Å². The van der Waals surface area contributed by atoms with E-state index in [1.54, 1.807) is 53.0 Å². The molecule has 4 rings (SSSR count). The summed E-state index contributed by atoms with van der Waals surface area (Å²) < 4.78 is 6.53. The van der Waals surface area contributed by atoms with E-state index >= 15 is 0 Å². The van der Waals surface area contributed by atoms with Gasteiger partial charge in [-0.2, -0.15) is 5.10 Å². The summed E-state index contributed by atoms with van der Waals surface area (Å²) in [5.74, 6) is -0.732. The Balaban J connectivity index is 1.51. The van der Waals surface area contributed by atoms with Crippen molar-refractivity contribution >= 4 is 23.5 Å². The van der Waals surface area contributed by atoms with Crippen molar-refractivity contribution in [2.75, 3.05) is 18.5 Å². The molecular formula is C25H26N4O4. The van der Waals surface area contributed by atoms with Gasteiger partial charge < -0.3 is 15.0 Å². The van der Waals surface area contributed by atoms with Gasteiger partial charge in [-0.1, -0.05) is 30.3 Å². The second kappa shape index (κ2) is 10.1. The Morgan fingerprint density at radius 1 is 1.06 bits per heavy atom. The van der Waals surface area contributed by atoms with E-state index < -0.39 is 12.0 Å². The van der Waals surface area contributed by atoms with Gasteiger partial charge in [-0.25, -0.2) is 9.48 Å². The highest BCUT2D eigenvalue weighted by atomic mass is 16.5. The van der Waals surface area contributed by atoms with Crippen molar-refractivity contribution in [2.45, 2.75) is 32.2 Å². The van der Waals surface area contributed by atoms with Gasteiger partial charge in [0.2, 0.25) is 5.91 Å². The Kier molecular flexibility index (Phi) is 6.83. The first kappa shape index (κ1) is 22.3. The molecule has 0 aliphatic carbocycles. The monoisotopic (exact) mass is 446 g/mol. The number of hydrogen-bond acceptors (Lipinski definition) is 5. The van der Waals surface area contributed by atoms with Crippen LogP contribution in [0.5, 0.6) is 0 Å². The van der Waals surface area contributed by atoms with Crippen LogP contribution in [0.15, 0.2) is 66.9 Å². The molecule has 1 unspecified atom stereocenters. The molecule has 2 aromatic carbocycles. The van der Waals surface area contributed by atoms with E-state index in [-0.39, 0.29) is 24.1 Å². The molecule has 2 amide bonds.